The summed E-state index contributed by atoms with van der Waals surface area (Å²) in [6.45, 7) is 1.92. The lowest BCUT2D eigenvalue weighted by molar-refractivity contribution is 0.0941. The van der Waals surface area contributed by atoms with Gasteiger partial charge in [0.05, 0.1) is 6.54 Å². The molecule has 4 aromatic rings. The number of nitrogens with zero attached hydrogens (tertiary/aromatic N) is 4. The Hall–Kier alpha value is -4.40. The van der Waals surface area contributed by atoms with Crippen LogP contribution in [0.2, 0.25) is 0 Å². The lowest BCUT2D eigenvalue weighted by Gasteiger charge is -2.13. The first-order valence-electron chi connectivity index (χ1n) is 10.2. The van der Waals surface area contributed by atoms with E-state index < -0.39 is 28.7 Å². The standard InChI is InChI=1S/C24H20FN5O3/c1-16-8-10-17(11-9-16)15-29-23(32)21(22(31)27-14-18-5-4-12-26-13-18)28-30(24(29)33)20-7-3-2-6-19(20)25/h2-13H,14-15H2,1H3,(H,27,31). The number of rotatable bonds is 6. The quantitative estimate of drug-likeness (QED) is 0.491. The minimum Gasteiger partial charge on any atom is -0.346 e. The molecule has 0 saturated heterocycles. The molecular formula is C24H20FN5O3. The van der Waals surface area contributed by atoms with Crippen LogP contribution in [-0.4, -0.2) is 25.2 Å². The number of aromatic nitrogens is 4. The first-order valence-corrected chi connectivity index (χ1v) is 10.2. The van der Waals surface area contributed by atoms with Gasteiger partial charge in [-0.2, -0.15) is 9.78 Å². The summed E-state index contributed by atoms with van der Waals surface area (Å²) in [6, 6.07) is 16.2. The maximum atomic E-state index is 14.5. The van der Waals surface area contributed by atoms with Crippen molar-refractivity contribution < 1.29 is 9.18 Å². The number of benzene rings is 2. The van der Waals surface area contributed by atoms with E-state index in [0.717, 1.165) is 14.8 Å². The Labute approximate surface area is 188 Å². The highest BCUT2D eigenvalue weighted by Crippen LogP contribution is 2.10. The van der Waals surface area contributed by atoms with Gasteiger partial charge in [0, 0.05) is 18.9 Å². The number of nitrogens with one attached hydrogen (secondary N) is 1. The highest BCUT2D eigenvalue weighted by molar-refractivity contribution is 5.91. The second-order valence-corrected chi connectivity index (χ2v) is 7.42. The summed E-state index contributed by atoms with van der Waals surface area (Å²) in [7, 11) is 0. The van der Waals surface area contributed by atoms with Crippen molar-refractivity contribution in [3.05, 3.63) is 122 Å². The number of para-hydroxylation sites is 1. The van der Waals surface area contributed by atoms with Crippen LogP contribution in [0.4, 0.5) is 4.39 Å². The summed E-state index contributed by atoms with van der Waals surface area (Å²) in [4.78, 5) is 43.1. The highest BCUT2D eigenvalue weighted by atomic mass is 19.1. The third-order valence-corrected chi connectivity index (χ3v) is 4.99. The van der Waals surface area contributed by atoms with E-state index in [1.165, 1.54) is 24.3 Å². The molecule has 1 amide bonds. The molecule has 0 fully saturated rings. The Morgan fingerprint density at radius 1 is 1.00 bits per heavy atom. The predicted molar refractivity (Wildman–Crippen MR) is 120 cm³/mol. The van der Waals surface area contributed by atoms with Crippen LogP contribution in [0.15, 0.2) is 82.6 Å². The lowest BCUT2D eigenvalue weighted by Crippen LogP contribution is -2.46. The zero-order valence-corrected chi connectivity index (χ0v) is 17.7. The molecule has 166 valence electrons. The minimum atomic E-state index is -0.864. The monoisotopic (exact) mass is 445 g/mol. The molecule has 2 aromatic heterocycles. The Bertz CT molecular complexity index is 1410. The number of amides is 1. The fraction of sp³-hybridized carbons (Fsp3) is 0.125. The number of aryl methyl sites for hydroxylation is 1. The second kappa shape index (κ2) is 9.39. The SMILES string of the molecule is Cc1ccc(Cn2c(=O)c(C(=O)NCc3cccnc3)nn(-c3ccccc3F)c2=O)cc1. The van der Waals surface area contributed by atoms with Gasteiger partial charge in [0.1, 0.15) is 11.5 Å². The molecule has 0 aliphatic rings. The molecule has 0 saturated carbocycles. The second-order valence-electron chi connectivity index (χ2n) is 7.42. The molecule has 0 bridgehead atoms. The molecule has 0 spiro atoms. The lowest BCUT2D eigenvalue weighted by atomic mass is 10.1. The van der Waals surface area contributed by atoms with Crippen molar-refractivity contribution in [2.24, 2.45) is 0 Å². The fourth-order valence-electron chi connectivity index (χ4n) is 3.22. The molecule has 9 heteroatoms. The van der Waals surface area contributed by atoms with Gasteiger partial charge in [0.15, 0.2) is 0 Å². The van der Waals surface area contributed by atoms with Crippen molar-refractivity contribution in [1.82, 2.24) is 24.6 Å². The minimum absolute atomic E-state index is 0.0994. The van der Waals surface area contributed by atoms with E-state index >= 15 is 0 Å². The van der Waals surface area contributed by atoms with Crippen molar-refractivity contribution >= 4 is 5.91 Å². The van der Waals surface area contributed by atoms with E-state index in [0.29, 0.717) is 11.1 Å². The van der Waals surface area contributed by atoms with Gasteiger partial charge in [-0.15, -0.1) is 0 Å². The molecule has 1 N–H and O–H groups in total. The summed E-state index contributed by atoms with van der Waals surface area (Å²) in [5, 5.41) is 6.54. The molecular weight excluding hydrogens is 425 g/mol. The molecule has 2 aromatic carbocycles. The van der Waals surface area contributed by atoms with Crippen molar-refractivity contribution in [3.63, 3.8) is 0 Å². The van der Waals surface area contributed by atoms with Crippen molar-refractivity contribution in [3.8, 4) is 5.69 Å². The number of carbonyl (C=O) groups is 1. The van der Waals surface area contributed by atoms with Crippen LogP contribution in [-0.2, 0) is 13.1 Å². The zero-order valence-electron chi connectivity index (χ0n) is 17.7. The van der Waals surface area contributed by atoms with Crippen LogP contribution in [0.3, 0.4) is 0 Å². The Morgan fingerprint density at radius 3 is 2.45 bits per heavy atom. The van der Waals surface area contributed by atoms with E-state index in [9.17, 15) is 18.8 Å². The van der Waals surface area contributed by atoms with Gasteiger partial charge in [-0.05, 0) is 36.2 Å². The topological polar surface area (TPSA) is 98.9 Å². The maximum absolute atomic E-state index is 14.5. The smallest absolute Gasteiger partial charge is 0.346 e. The summed E-state index contributed by atoms with van der Waals surface area (Å²) < 4.78 is 16.1. The largest absolute Gasteiger partial charge is 0.352 e. The van der Waals surface area contributed by atoms with Gasteiger partial charge in [0.2, 0.25) is 5.69 Å². The molecule has 2 heterocycles. The summed E-state index contributed by atoms with van der Waals surface area (Å²) >= 11 is 0. The van der Waals surface area contributed by atoms with Crippen LogP contribution in [0.5, 0.6) is 0 Å². The van der Waals surface area contributed by atoms with Crippen LogP contribution in [0, 0.1) is 12.7 Å². The third kappa shape index (κ3) is 4.77. The van der Waals surface area contributed by atoms with Gasteiger partial charge in [-0.3, -0.25) is 19.1 Å². The van der Waals surface area contributed by atoms with Gasteiger partial charge in [-0.1, -0.05) is 48.0 Å². The van der Waals surface area contributed by atoms with E-state index in [1.54, 1.807) is 36.7 Å². The maximum Gasteiger partial charge on any atom is 0.352 e. The average molecular weight is 445 g/mol. The van der Waals surface area contributed by atoms with Crippen LogP contribution in [0.1, 0.15) is 27.2 Å². The number of pyridine rings is 1. The summed E-state index contributed by atoms with van der Waals surface area (Å²) in [6.07, 6.45) is 3.17. The zero-order chi connectivity index (χ0) is 23.4. The van der Waals surface area contributed by atoms with Gasteiger partial charge in [-0.25, -0.2) is 9.18 Å². The molecule has 33 heavy (non-hydrogen) atoms. The molecule has 4 rings (SSSR count). The van der Waals surface area contributed by atoms with Crippen molar-refractivity contribution in [2.45, 2.75) is 20.0 Å². The number of halogens is 1. The van der Waals surface area contributed by atoms with E-state index in [-0.39, 0.29) is 18.8 Å². The molecule has 0 radical (unpaired) electrons. The number of hydrogen-bond acceptors (Lipinski definition) is 5. The Kier molecular flexibility index (Phi) is 6.21. The Balaban J connectivity index is 1.79. The molecule has 0 aliphatic carbocycles. The molecule has 0 unspecified atom stereocenters. The van der Waals surface area contributed by atoms with E-state index in [2.05, 4.69) is 15.4 Å². The third-order valence-electron chi connectivity index (χ3n) is 4.99. The summed E-state index contributed by atoms with van der Waals surface area (Å²) in [5.74, 6) is -1.50. The number of hydrogen-bond donors (Lipinski definition) is 1. The Morgan fingerprint density at radius 2 is 1.76 bits per heavy atom. The molecule has 8 nitrogen and oxygen atoms in total. The number of carbonyl (C=O) groups excluding carboxylic acids is 1. The fourth-order valence-corrected chi connectivity index (χ4v) is 3.22. The van der Waals surface area contributed by atoms with Gasteiger partial charge < -0.3 is 5.32 Å². The first-order chi connectivity index (χ1) is 15.9. The van der Waals surface area contributed by atoms with Gasteiger partial charge in [0.25, 0.3) is 11.5 Å². The van der Waals surface area contributed by atoms with Crippen LogP contribution in [0.25, 0.3) is 5.69 Å². The van der Waals surface area contributed by atoms with Gasteiger partial charge >= 0.3 is 5.69 Å². The first kappa shape index (κ1) is 21.8. The van der Waals surface area contributed by atoms with E-state index in [1.807, 2.05) is 19.1 Å². The van der Waals surface area contributed by atoms with Crippen molar-refractivity contribution in [2.75, 3.05) is 0 Å². The summed E-state index contributed by atoms with van der Waals surface area (Å²) in [5.41, 5.74) is 0.00257. The average Bonchev–Trinajstić information content (AvgIpc) is 2.83. The molecule has 0 atom stereocenters. The van der Waals surface area contributed by atoms with E-state index in [4.69, 9.17) is 0 Å². The highest BCUT2D eigenvalue weighted by Gasteiger charge is 2.21. The molecule has 0 aliphatic heterocycles. The van der Waals surface area contributed by atoms with Crippen molar-refractivity contribution in [1.29, 1.82) is 0 Å². The predicted octanol–water partition coefficient (Wildman–Crippen LogP) is 2.22. The van der Waals surface area contributed by atoms with Crippen LogP contribution < -0.4 is 16.6 Å². The van der Waals surface area contributed by atoms with Crippen LogP contribution >= 0.6 is 0 Å². The normalized spacial score (nSPS) is 10.7.